The Morgan fingerprint density at radius 3 is 2.60 bits per heavy atom. The summed E-state index contributed by atoms with van der Waals surface area (Å²) in [5.74, 6) is -1.24. The largest absolute Gasteiger partial charge is 0.482 e. The molecule has 1 aliphatic rings. The number of nitrogens with one attached hydrogen (secondary N) is 1. The van der Waals surface area contributed by atoms with Gasteiger partial charge in [-0.2, -0.15) is 5.26 Å². The Kier molecular flexibility index (Phi) is 3.96. The molecule has 1 fully saturated rings. The van der Waals surface area contributed by atoms with E-state index in [4.69, 9.17) is 10.00 Å². The van der Waals surface area contributed by atoms with Gasteiger partial charge in [-0.3, -0.25) is 19.7 Å². The van der Waals surface area contributed by atoms with Crippen LogP contribution in [0, 0.1) is 11.3 Å². The molecule has 102 valence electrons. The number of ether oxygens (including phenoxy) is 1. The highest BCUT2D eigenvalue weighted by Gasteiger charge is 2.26. The van der Waals surface area contributed by atoms with Crippen molar-refractivity contribution in [2.45, 2.75) is 0 Å². The number of nitriles is 1. The Balaban J connectivity index is 1.97. The van der Waals surface area contributed by atoms with Crippen molar-refractivity contribution in [3.63, 3.8) is 0 Å². The molecular formula is C13H11N3O4. The van der Waals surface area contributed by atoms with Gasteiger partial charge in [0.1, 0.15) is 24.9 Å². The Bertz CT molecular complexity index is 590. The second kappa shape index (κ2) is 5.84. The Morgan fingerprint density at radius 2 is 1.95 bits per heavy atom. The third-order valence-corrected chi connectivity index (χ3v) is 2.66. The number of nitrogens with zero attached hydrogens (tertiary/aromatic N) is 2. The zero-order valence-corrected chi connectivity index (χ0v) is 10.5. The van der Waals surface area contributed by atoms with E-state index in [9.17, 15) is 14.4 Å². The SMILES string of the molecule is N#Cc1ccccc1OCC(=O)N1CC(=O)NC(=O)C1. The first-order chi connectivity index (χ1) is 9.60. The van der Waals surface area contributed by atoms with Gasteiger partial charge < -0.3 is 9.64 Å². The van der Waals surface area contributed by atoms with E-state index in [2.05, 4.69) is 5.32 Å². The fraction of sp³-hybridized carbons (Fsp3) is 0.231. The summed E-state index contributed by atoms with van der Waals surface area (Å²) in [6, 6.07) is 8.44. The number of rotatable bonds is 3. The van der Waals surface area contributed by atoms with Crippen molar-refractivity contribution >= 4 is 17.7 Å². The number of hydrogen-bond acceptors (Lipinski definition) is 5. The Hall–Kier alpha value is -2.88. The number of piperazine rings is 1. The minimum absolute atomic E-state index is 0.173. The van der Waals surface area contributed by atoms with E-state index >= 15 is 0 Å². The van der Waals surface area contributed by atoms with Gasteiger partial charge in [-0.05, 0) is 12.1 Å². The lowest BCUT2D eigenvalue weighted by Crippen LogP contribution is -2.54. The van der Waals surface area contributed by atoms with Crippen LogP contribution in [0.5, 0.6) is 5.75 Å². The molecule has 0 spiro atoms. The molecular weight excluding hydrogens is 262 g/mol. The summed E-state index contributed by atoms with van der Waals surface area (Å²) in [6.07, 6.45) is 0. The van der Waals surface area contributed by atoms with Crippen LogP contribution in [0.2, 0.25) is 0 Å². The summed E-state index contributed by atoms with van der Waals surface area (Å²) in [5.41, 5.74) is 0.313. The average Bonchev–Trinajstić information content (AvgIpc) is 2.44. The highest BCUT2D eigenvalue weighted by atomic mass is 16.5. The topological polar surface area (TPSA) is 99.5 Å². The van der Waals surface area contributed by atoms with Gasteiger partial charge in [0, 0.05) is 0 Å². The fourth-order valence-corrected chi connectivity index (χ4v) is 1.73. The molecule has 2 rings (SSSR count). The molecule has 0 saturated carbocycles. The number of hydrogen-bond donors (Lipinski definition) is 1. The van der Waals surface area contributed by atoms with E-state index in [0.717, 1.165) is 4.90 Å². The van der Waals surface area contributed by atoms with Crippen LogP contribution < -0.4 is 10.1 Å². The lowest BCUT2D eigenvalue weighted by molar-refractivity contribution is -0.146. The first-order valence-corrected chi connectivity index (χ1v) is 5.82. The molecule has 7 nitrogen and oxygen atoms in total. The van der Waals surface area contributed by atoms with E-state index in [-0.39, 0.29) is 25.4 Å². The second-order valence-corrected chi connectivity index (χ2v) is 4.12. The minimum atomic E-state index is -0.521. The number of para-hydroxylation sites is 1. The maximum Gasteiger partial charge on any atom is 0.261 e. The summed E-state index contributed by atoms with van der Waals surface area (Å²) in [5, 5.41) is 11.0. The highest BCUT2D eigenvalue weighted by Crippen LogP contribution is 2.16. The Labute approximate surface area is 114 Å². The van der Waals surface area contributed by atoms with Gasteiger partial charge in [0.15, 0.2) is 6.61 Å². The van der Waals surface area contributed by atoms with Crippen molar-refractivity contribution in [3.05, 3.63) is 29.8 Å². The predicted molar refractivity (Wildman–Crippen MR) is 66.4 cm³/mol. The average molecular weight is 273 g/mol. The normalized spacial score (nSPS) is 14.4. The van der Waals surface area contributed by atoms with Crippen LogP contribution in [0.4, 0.5) is 0 Å². The zero-order chi connectivity index (χ0) is 14.5. The van der Waals surface area contributed by atoms with Crippen molar-refractivity contribution in [3.8, 4) is 11.8 Å². The third-order valence-electron chi connectivity index (χ3n) is 2.66. The molecule has 3 amide bonds. The van der Waals surface area contributed by atoms with E-state index in [0.29, 0.717) is 5.56 Å². The maximum atomic E-state index is 11.8. The molecule has 0 unspecified atom stereocenters. The molecule has 0 aromatic heterocycles. The summed E-state index contributed by atoms with van der Waals surface area (Å²) in [4.78, 5) is 35.3. The summed E-state index contributed by atoms with van der Waals surface area (Å²) < 4.78 is 5.26. The number of amides is 3. The van der Waals surface area contributed by atoms with E-state index < -0.39 is 17.7 Å². The van der Waals surface area contributed by atoms with E-state index in [1.807, 2.05) is 6.07 Å². The lowest BCUT2D eigenvalue weighted by Gasteiger charge is -2.25. The van der Waals surface area contributed by atoms with Crippen LogP contribution in [0.15, 0.2) is 24.3 Å². The number of carbonyl (C=O) groups excluding carboxylic acids is 3. The first kappa shape index (κ1) is 13.5. The van der Waals surface area contributed by atoms with Gasteiger partial charge >= 0.3 is 0 Å². The van der Waals surface area contributed by atoms with Crippen molar-refractivity contribution in [2.75, 3.05) is 19.7 Å². The van der Waals surface area contributed by atoms with Gasteiger partial charge in [-0.1, -0.05) is 12.1 Å². The van der Waals surface area contributed by atoms with Crippen LogP contribution in [0.1, 0.15) is 5.56 Å². The number of imide groups is 1. The molecule has 0 bridgehead atoms. The predicted octanol–water partition coefficient (Wildman–Crippen LogP) is -0.578. The van der Waals surface area contributed by atoms with Gasteiger partial charge in [0.05, 0.1) is 5.56 Å². The van der Waals surface area contributed by atoms with Gasteiger partial charge in [0.25, 0.3) is 5.91 Å². The van der Waals surface area contributed by atoms with Crippen molar-refractivity contribution in [1.29, 1.82) is 5.26 Å². The van der Waals surface area contributed by atoms with Crippen molar-refractivity contribution in [2.24, 2.45) is 0 Å². The standard InChI is InChI=1S/C13H11N3O4/c14-5-9-3-1-2-4-10(9)20-8-13(19)16-6-11(17)15-12(18)7-16/h1-4H,6-8H2,(H,15,17,18). The zero-order valence-electron chi connectivity index (χ0n) is 10.5. The summed E-state index contributed by atoms with van der Waals surface area (Å²) in [6.45, 7) is -0.680. The van der Waals surface area contributed by atoms with E-state index in [1.165, 1.54) is 0 Å². The van der Waals surface area contributed by atoms with Gasteiger partial charge in [-0.25, -0.2) is 0 Å². The molecule has 20 heavy (non-hydrogen) atoms. The molecule has 1 aromatic rings. The molecule has 1 heterocycles. The first-order valence-electron chi connectivity index (χ1n) is 5.82. The molecule has 1 saturated heterocycles. The smallest absolute Gasteiger partial charge is 0.261 e. The monoisotopic (exact) mass is 273 g/mol. The molecule has 1 aromatic carbocycles. The van der Waals surface area contributed by atoms with Crippen LogP contribution in [0.25, 0.3) is 0 Å². The fourth-order valence-electron chi connectivity index (χ4n) is 1.73. The summed E-state index contributed by atoms with van der Waals surface area (Å²) in [7, 11) is 0. The number of benzene rings is 1. The van der Waals surface area contributed by atoms with Gasteiger partial charge in [-0.15, -0.1) is 0 Å². The molecule has 1 aliphatic heterocycles. The van der Waals surface area contributed by atoms with Crippen LogP contribution >= 0.6 is 0 Å². The second-order valence-electron chi connectivity index (χ2n) is 4.12. The van der Waals surface area contributed by atoms with Crippen LogP contribution in [-0.4, -0.2) is 42.3 Å². The number of carbonyl (C=O) groups is 3. The highest BCUT2D eigenvalue weighted by molar-refractivity contribution is 6.02. The quantitative estimate of drug-likeness (QED) is 0.743. The van der Waals surface area contributed by atoms with Crippen LogP contribution in [-0.2, 0) is 14.4 Å². The molecule has 0 radical (unpaired) electrons. The third kappa shape index (κ3) is 3.11. The van der Waals surface area contributed by atoms with Gasteiger partial charge in [0.2, 0.25) is 11.8 Å². The molecule has 0 atom stereocenters. The van der Waals surface area contributed by atoms with Crippen molar-refractivity contribution in [1.82, 2.24) is 10.2 Å². The molecule has 7 heteroatoms. The lowest BCUT2D eigenvalue weighted by atomic mass is 10.2. The van der Waals surface area contributed by atoms with E-state index in [1.54, 1.807) is 24.3 Å². The minimum Gasteiger partial charge on any atom is -0.482 e. The Morgan fingerprint density at radius 1 is 1.30 bits per heavy atom. The molecule has 0 aliphatic carbocycles. The maximum absolute atomic E-state index is 11.8. The molecule has 1 N–H and O–H groups in total. The van der Waals surface area contributed by atoms with Crippen LogP contribution in [0.3, 0.4) is 0 Å². The van der Waals surface area contributed by atoms with Crippen molar-refractivity contribution < 1.29 is 19.1 Å². The summed E-state index contributed by atoms with van der Waals surface area (Å²) >= 11 is 0.